The van der Waals surface area contributed by atoms with E-state index in [0.717, 1.165) is 17.1 Å². The lowest BCUT2D eigenvalue weighted by molar-refractivity contribution is -0.142. The summed E-state index contributed by atoms with van der Waals surface area (Å²) < 4.78 is 8.46. The van der Waals surface area contributed by atoms with Crippen molar-refractivity contribution in [2.45, 2.75) is 20.3 Å². The highest BCUT2D eigenvalue weighted by atomic mass is 16.5. The first kappa shape index (κ1) is 16.8. The third-order valence-electron chi connectivity index (χ3n) is 4.03. The van der Waals surface area contributed by atoms with Gasteiger partial charge in [0.15, 0.2) is 0 Å². The highest BCUT2D eigenvalue weighted by Crippen LogP contribution is 2.18. The predicted molar refractivity (Wildman–Crippen MR) is 96.4 cm³/mol. The van der Waals surface area contributed by atoms with Crippen molar-refractivity contribution in [3.8, 4) is 11.4 Å². The summed E-state index contributed by atoms with van der Waals surface area (Å²) in [5, 5.41) is 0. The Hall–Kier alpha value is -3.08. The predicted octanol–water partition coefficient (Wildman–Crippen LogP) is 3.04. The second-order valence-corrected chi connectivity index (χ2v) is 5.65. The van der Waals surface area contributed by atoms with E-state index >= 15 is 0 Å². The minimum absolute atomic E-state index is 0.0365. The number of para-hydroxylation sites is 2. The van der Waals surface area contributed by atoms with Gasteiger partial charge in [0.1, 0.15) is 0 Å². The SMILES string of the molecule is CCOC(=O)Cc1c(C)n(-c2ccccc2)n(-c2ccccc2)c1=O. The van der Waals surface area contributed by atoms with Gasteiger partial charge in [-0.2, -0.15) is 0 Å². The van der Waals surface area contributed by atoms with E-state index in [4.69, 9.17) is 4.74 Å². The molecule has 0 N–H and O–H groups in total. The van der Waals surface area contributed by atoms with Crippen molar-refractivity contribution in [2.75, 3.05) is 6.61 Å². The molecule has 0 aliphatic carbocycles. The van der Waals surface area contributed by atoms with Crippen LogP contribution in [0.5, 0.6) is 0 Å². The lowest BCUT2D eigenvalue weighted by atomic mass is 10.2. The van der Waals surface area contributed by atoms with Gasteiger partial charge < -0.3 is 4.74 Å². The normalized spacial score (nSPS) is 10.6. The average molecular weight is 336 g/mol. The first-order valence-corrected chi connectivity index (χ1v) is 8.23. The lowest BCUT2D eigenvalue weighted by Gasteiger charge is -2.13. The van der Waals surface area contributed by atoms with Crippen LogP contribution in [-0.4, -0.2) is 21.9 Å². The summed E-state index contributed by atoms with van der Waals surface area (Å²) in [7, 11) is 0. The number of ether oxygens (including phenoxy) is 1. The van der Waals surface area contributed by atoms with Gasteiger partial charge in [-0.1, -0.05) is 36.4 Å². The van der Waals surface area contributed by atoms with Gasteiger partial charge in [0.25, 0.3) is 5.56 Å². The zero-order valence-corrected chi connectivity index (χ0v) is 14.3. The Bertz CT molecular complexity index is 925. The average Bonchev–Trinajstić information content (AvgIpc) is 2.88. The number of rotatable bonds is 5. The maximum absolute atomic E-state index is 13.1. The van der Waals surface area contributed by atoms with E-state index in [9.17, 15) is 9.59 Å². The molecular weight excluding hydrogens is 316 g/mol. The van der Waals surface area contributed by atoms with E-state index < -0.39 is 5.97 Å². The minimum Gasteiger partial charge on any atom is -0.466 e. The van der Waals surface area contributed by atoms with E-state index in [-0.39, 0.29) is 12.0 Å². The Kier molecular flexibility index (Phi) is 4.84. The van der Waals surface area contributed by atoms with Crippen molar-refractivity contribution >= 4 is 5.97 Å². The number of benzene rings is 2. The highest BCUT2D eigenvalue weighted by molar-refractivity contribution is 5.73. The van der Waals surface area contributed by atoms with Gasteiger partial charge in [-0.25, -0.2) is 4.68 Å². The second-order valence-electron chi connectivity index (χ2n) is 5.65. The molecule has 2 aromatic carbocycles. The number of hydrogen-bond donors (Lipinski definition) is 0. The fourth-order valence-corrected chi connectivity index (χ4v) is 2.89. The molecule has 1 aromatic heterocycles. The quantitative estimate of drug-likeness (QED) is 0.673. The third-order valence-corrected chi connectivity index (χ3v) is 4.03. The van der Waals surface area contributed by atoms with Gasteiger partial charge in [0, 0.05) is 5.69 Å². The molecular formula is C20H20N2O3. The maximum atomic E-state index is 13.1. The van der Waals surface area contributed by atoms with Crippen LogP contribution in [0.1, 0.15) is 18.2 Å². The van der Waals surface area contributed by atoms with Crippen LogP contribution in [0, 0.1) is 6.92 Å². The van der Waals surface area contributed by atoms with Crippen LogP contribution < -0.4 is 5.56 Å². The van der Waals surface area contributed by atoms with Crippen LogP contribution in [-0.2, 0) is 16.0 Å². The molecule has 0 saturated carbocycles. The summed E-state index contributed by atoms with van der Waals surface area (Å²) in [4.78, 5) is 25.0. The minimum atomic E-state index is -0.395. The molecule has 3 aromatic rings. The van der Waals surface area contributed by atoms with Crippen LogP contribution in [0.2, 0.25) is 0 Å². The molecule has 0 amide bonds. The lowest BCUT2D eigenvalue weighted by Crippen LogP contribution is -2.23. The van der Waals surface area contributed by atoms with Gasteiger partial charge in [-0.3, -0.25) is 14.3 Å². The van der Waals surface area contributed by atoms with E-state index in [0.29, 0.717) is 12.2 Å². The van der Waals surface area contributed by atoms with Crippen molar-refractivity contribution in [1.82, 2.24) is 9.36 Å². The summed E-state index contributed by atoms with van der Waals surface area (Å²) in [6.07, 6.45) is -0.0365. The molecule has 3 rings (SSSR count). The fourth-order valence-electron chi connectivity index (χ4n) is 2.89. The third kappa shape index (κ3) is 3.26. The molecule has 0 saturated heterocycles. The number of carbonyl (C=O) groups is 1. The number of esters is 1. The van der Waals surface area contributed by atoms with Crippen molar-refractivity contribution in [2.24, 2.45) is 0 Å². The zero-order chi connectivity index (χ0) is 17.8. The highest BCUT2D eigenvalue weighted by Gasteiger charge is 2.21. The van der Waals surface area contributed by atoms with Crippen molar-refractivity contribution in [3.05, 3.63) is 82.3 Å². The van der Waals surface area contributed by atoms with Crippen molar-refractivity contribution < 1.29 is 9.53 Å². The van der Waals surface area contributed by atoms with Gasteiger partial charge in [-0.15, -0.1) is 0 Å². The zero-order valence-electron chi connectivity index (χ0n) is 14.3. The van der Waals surface area contributed by atoms with Crippen LogP contribution in [0.15, 0.2) is 65.5 Å². The Morgan fingerprint density at radius 1 is 0.920 bits per heavy atom. The van der Waals surface area contributed by atoms with Crippen LogP contribution in [0.4, 0.5) is 0 Å². The van der Waals surface area contributed by atoms with Gasteiger partial charge in [0.2, 0.25) is 0 Å². The standard InChI is InChI=1S/C20H20N2O3/c1-3-25-19(23)14-18-15(2)21(16-10-6-4-7-11-16)22(20(18)24)17-12-8-5-9-13-17/h4-13H,3,14H2,1-2H3. The van der Waals surface area contributed by atoms with E-state index in [2.05, 4.69) is 0 Å². The smallest absolute Gasteiger partial charge is 0.310 e. The topological polar surface area (TPSA) is 53.2 Å². The Labute approximate surface area is 146 Å². The molecule has 0 aliphatic rings. The summed E-state index contributed by atoms with van der Waals surface area (Å²) >= 11 is 0. The number of aromatic nitrogens is 2. The fraction of sp³-hybridized carbons (Fsp3) is 0.200. The number of hydrogen-bond acceptors (Lipinski definition) is 3. The Balaban J connectivity index is 2.22. The molecule has 0 spiro atoms. The van der Waals surface area contributed by atoms with Crippen LogP contribution in [0.3, 0.4) is 0 Å². The number of carbonyl (C=O) groups excluding carboxylic acids is 1. The van der Waals surface area contributed by atoms with Crippen molar-refractivity contribution in [1.29, 1.82) is 0 Å². The van der Waals surface area contributed by atoms with Crippen molar-refractivity contribution in [3.63, 3.8) is 0 Å². The molecule has 25 heavy (non-hydrogen) atoms. The monoisotopic (exact) mass is 336 g/mol. The molecule has 128 valence electrons. The molecule has 5 heteroatoms. The first-order chi connectivity index (χ1) is 12.1. The van der Waals surface area contributed by atoms with Crippen LogP contribution >= 0.6 is 0 Å². The summed E-state index contributed by atoms with van der Waals surface area (Å²) in [6, 6.07) is 19.0. The second kappa shape index (κ2) is 7.21. The molecule has 0 unspecified atom stereocenters. The van der Waals surface area contributed by atoms with Gasteiger partial charge in [0.05, 0.1) is 30.0 Å². The molecule has 0 radical (unpaired) electrons. The summed E-state index contributed by atoms with van der Waals surface area (Å²) in [5.41, 5.74) is 2.57. The first-order valence-electron chi connectivity index (χ1n) is 8.23. The number of nitrogens with zero attached hydrogens (tertiary/aromatic N) is 2. The summed E-state index contributed by atoms with van der Waals surface area (Å²) in [5.74, 6) is -0.395. The molecule has 0 aliphatic heterocycles. The molecule has 0 bridgehead atoms. The van der Waals surface area contributed by atoms with Gasteiger partial charge in [-0.05, 0) is 38.1 Å². The molecule has 1 heterocycles. The maximum Gasteiger partial charge on any atom is 0.310 e. The Morgan fingerprint density at radius 3 is 1.96 bits per heavy atom. The van der Waals surface area contributed by atoms with E-state index in [1.54, 1.807) is 11.6 Å². The van der Waals surface area contributed by atoms with Crippen LogP contribution in [0.25, 0.3) is 11.4 Å². The summed E-state index contributed by atoms with van der Waals surface area (Å²) in [6.45, 7) is 3.90. The van der Waals surface area contributed by atoms with Gasteiger partial charge >= 0.3 is 5.97 Å². The Morgan fingerprint density at radius 2 is 1.44 bits per heavy atom. The molecule has 0 atom stereocenters. The molecule has 5 nitrogen and oxygen atoms in total. The van der Waals surface area contributed by atoms with E-state index in [1.165, 1.54) is 0 Å². The molecule has 0 fully saturated rings. The van der Waals surface area contributed by atoms with E-state index in [1.807, 2.05) is 72.3 Å². The largest absolute Gasteiger partial charge is 0.466 e.